The zero-order chi connectivity index (χ0) is 6.32. The van der Waals surface area contributed by atoms with E-state index in [1.807, 2.05) is 0 Å². The van der Waals surface area contributed by atoms with E-state index in [4.69, 9.17) is 15.2 Å². The second-order valence-corrected chi connectivity index (χ2v) is 2.85. The Bertz CT molecular complexity index is 118. The van der Waals surface area contributed by atoms with Crippen LogP contribution in [0.15, 0.2) is 0 Å². The van der Waals surface area contributed by atoms with Crippen molar-refractivity contribution in [3.05, 3.63) is 0 Å². The SMILES string of the molecule is NC1(CCC2CO2)CO1. The topological polar surface area (TPSA) is 51.1 Å². The minimum atomic E-state index is -0.258. The van der Waals surface area contributed by atoms with E-state index in [9.17, 15) is 0 Å². The molecule has 2 N–H and O–H groups in total. The molecule has 52 valence electrons. The Labute approximate surface area is 54.1 Å². The number of epoxide rings is 2. The van der Waals surface area contributed by atoms with Crippen molar-refractivity contribution in [3.8, 4) is 0 Å². The first kappa shape index (κ1) is 5.65. The van der Waals surface area contributed by atoms with Crippen molar-refractivity contribution in [3.63, 3.8) is 0 Å². The number of rotatable bonds is 3. The first-order chi connectivity index (χ1) is 4.29. The Kier molecular flexibility index (Phi) is 1.06. The summed E-state index contributed by atoms with van der Waals surface area (Å²) in [6.45, 7) is 1.66. The summed E-state index contributed by atoms with van der Waals surface area (Å²) in [5, 5.41) is 0. The molecule has 2 atom stereocenters. The highest BCUT2D eigenvalue weighted by molar-refractivity contribution is 4.87. The van der Waals surface area contributed by atoms with E-state index in [0.29, 0.717) is 6.10 Å². The van der Waals surface area contributed by atoms with Gasteiger partial charge in [-0.3, -0.25) is 0 Å². The zero-order valence-electron chi connectivity index (χ0n) is 5.30. The highest BCUT2D eigenvalue weighted by Crippen LogP contribution is 2.28. The lowest BCUT2D eigenvalue weighted by molar-refractivity contribution is 0.277. The van der Waals surface area contributed by atoms with Crippen molar-refractivity contribution in [2.24, 2.45) is 5.73 Å². The first-order valence-electron chi connectivity index (χ1n) is 3.33. The molecule has 2 fully saturated rings. The van der Waals surface area contributed by atoms with Crippen molar-refractivity contribution < 1.29 is 9.47 Å². The second kappa shape index (κ2) is 1.68. The minimum Gasteiger partial charge on any atom is -0.373 e. The maximum Gasteiger partial charge on any atom is 0.140 e. The van der Waals surface area contributed by atoms with Crippen molar-refractivity contribution in [1.82, 2.24) is 0 Å². The van der Waals surface area contributed by atoms with Crippen molar-refractivity contribution in [2.45, 2.75) is 24.7 Å². The van der Waals surface area contributed by atoms with Crippen LogP contribution in [0.4, 0.5) is 0 Å². The third-order valence-electron chi connectivity index (χ3n) is 1.81. The van der Waals surface area contributed by atoms with Gasteiger partial charge in [0.2, 0.25) is 0 Å². The Balaban J connectivity index is 1.65. The van der Waals surface area contributed by atoms with Gasteiger partial charge in [-0.1, -0.05) is 0 Å². The van der Waals surface area contributed by atoms with E-state index in [0.717, 1.165) is 26.1 Å². The van der Waals surface area contributed by atoms with Crippen LogP contribution in [0.2, 0.25) is 0 Å². The molecule has 0 amide bonds. The molecule has 0 spiro atoms. The fourth-order valence-corrected chi connectivity index (χ4v) is 0.877. The number of nitrogens with two attached hydrogens (primary N) is 1. The molecule has 2 aliphatic heterocycles. The molecule has 0 aromatic carbocycles. The summed E-state index contributed by atoms with van der Waals surface area (Å²) in [5.74, 6) is 0. The van der Waals surface area contributed by atoms with Gasteiger partial charge < -0.3 is 15.2 Å². The molecule has 2 saturated heterocycles. The number of hydrogen-bond acceptors (Lipinski definition) is 3. The monoisotopic (exact) mass is 129 g/mol. The molecule has 0 radical (unpaired) electrons. The molecule has 2 aliphatic rings. The smallest absolute Gasteiger partial charge is 0.140 e. The Morgan fingerprint density at radius 3 is 2.78 bits per heavy atom. The Morgan fingerprint density at radius 2 is 2.33 bits per heavy atom. The lowest BCUT2D eigenvalue weighted by atomic mass is 10.1. The average Bonchev–Trinajstić information content (AvgIpc) is 2.58. The molecule has 0 saturated carbocycles. The van der Waals surface area contributed by atoms with Gasteiger partial charge in [-0.05, 0) is 12.8 Å². The van der Waals surface area contributed by atoms with Crippen LogP contribution in [0.1, 0.15) is 12.8 Å². The fourth-order valence-electron chi connectivity index (χ4n) is 0.877. The van der Waals surface area contributed by atoms with E-state index in [-0.39, 0.29) is 5.72 Å². The predicted octanol–water partition coefficient (Wildman–Crippen LogP) is -0.149. The van der Waals surface area contributed by atoms with Crippen LogP contribution in [-0.4, -0.2) is 25.0 Å². The largest absolute Gasteiger partial charge is 0.373 e. The van der Waals surface area contributed by atoms with E-state index >= 15 is 0 Å². The molecule has 2 rings (SSSR count). The third-order valence-corrected chi connectivity index (χ3v) is 1.81. The Morgan fingerprint density at radius 1 is 1.67 bits per heavy atom. The lowest BCUT2D eigenvalue weighted by Crippen LogP contribution is -2.23. The van der Waals surface area contributed by atoms with E-state index in [1.54, 1.807) is 0 Å². The summed E-state index contributed by atoms with van der Waals surface area (Å²) in [6.07, 6.45) is 2.52. The van der Waals surface area contributed by atoms with E-state index in [1.165, 1.54) is 0 Å². The normalized spacial score (nSPS) is 47.0. The van der Waals surface area contributed by atoms with Gasteiger partial charge in [0.25, 0.3) is 0 Å². The van der Waals surface area contributed by atoms with Gasteiger partial charge in [0.15, 0.2) is 0 Å². The molecule has 9 heavy (non-hydrogen) atoms. The molecule has 2 unspecified atom stereocenters. The highest BCUT2D eigenvalue weighted by Gasteiger charge is 2.41. The third kappa shape index (κ3) is 1.41. The molecule has 2 heterocycles. The van der Waals surface area contributed by atoms with Gasteiger partial charge in [0.1, 0.15) is 5.72 Å². The van der Waals surface area contributed by atoms with Crippen LogP contribution in [0.25, 0.3) is 0 Å². The van der Waals surface area contributed by atoms with Crippen molar-refractivity contribution >= 4 is 0 Å². The molecule has 3 heteroatoms. The minimum absolute atomic E-state index is 0.258. The molecular weight excluding hydrogens is 118 g/mol. The second-order valence-electron chi connectivity index (χ2n) is 2.85. The maximum absolute atomic E-state index is 5.64. The van der Waals surface area contributed by atoms with Crippen LogP contribution in [0.3, 0.4) is 0 Å². The standard InChI is InChI=1S/C6H11NO2/c7-6(4-9-6)2-1-5-3-8-5/h5H,1-4,7H2. The number of ether oxygens (including phenoxy) is 2. The first-order valence-corrected chi connectivity index (χ1v) is 3.33. The summed E-state index contributed by atoms with van der Waals surface area (Å²) in [7, 11) is 0. The van der Waals surface area contributed by atoms with Crippen molar-refractivity contribution in [1.29, 1.82) is 0 Å². The van der Waals surface area contributed by atoms with Crippen LogP contribution < -0.4 is 5.73 Å². The molecule has 0 aromatic heterocycles. The highest BCUT2D eigenvalue weighted by atomic mass is 16.6. The van der Waals surface area contributed by atoms with Gasteiger partial charge in [0, 0.05) is 0 Å². The summed E-state index contributed by atoms with van der Waals surface area (Å²) < 4.78 is 10.0. The van der Waals surface area contributed by atoms with Crippen LogP contribution in [0, 0.1) is 0 Å². The predicted molar refractivity (Wildman–Crippen MR) is 31.8 cm³/mol. The van der Waals surface area contributed by atoms with Gasteiger partial charge in [-0.2, -0.15) is 0 Å². The van der Waals surface area contributed by atoms with Crippen molar-refractivity contribution in [2.75, 3.05) is 13.2 Å². The molecule has 3 nitrogen and oxygen atoms in total. The molecule has 0 bridgehead atoms. The zero-order valence-corrected chi connectivity index (χ0v) is 5.30. The average molecular weight is 129 g/mol. The molecular formula is C6H11NO2. The Hall–Kier alpha value is -0.120. The van der Waals surface area contributed by atoms with Gasteiger partial charge in [-0.25, -0.2) is 0 Å². The van der Waals surface area contributed by atoms with Gasteiger partial charge in [-0.15, -0.1) is 0 Å². The molecule has 0 aliphatic carbocycles. The summed E-state index contributed by atoms with van der Waals surface area (Å²) in [5.41, 5.74) is 5.39. The summed E-state index contributed by atoms with van der Waals surface area (Å²) >= 11 is 0. The molecule has 0 aromatic rings. The van der Waals surface area contributed by atoms with Crippen LogP contribution >= 0.6 is 0 Å². The van der Waals surface area contributed by atoms with Gasteiger partial charge in [0.05, 0.1) is 19.3 Å². The van der Waals surface area contributed by atoms with Gasteiger partial charge >= 0.3 is 0 Å². The van der Waals surface area contributed by atoms with E-state index < -0.39 is 0 Å². The van der Waals surface area contributed by atoms with E-state index in [2.05, 4.69) is 0 Å². The lowest BCUT2D eigenvalue weighted by Gasteiger charge is -2.00. The van der Waals surface area contributed by atoms with Crippen LogP contribution in [-0.2, 0) is 9.47 Å². The number of hydrogen-bond donors (Lipinski definition) is 1. The fraction of sp³-hybridized carbons (Fsp3) is 1.00. The maximum atomic E-state index is 5.64. The summed E-state index contributed by atoms with van der Waals surface area (Å²) in [4.78, 5) is 0. The quantitative estimate of drug-likeness (QED) is 0.539. The summed E-state index contributed by atoms with van der Waals surface area (Å²) in [6, 6.07) is 0. The van der Waals surface area contributed by atoms with Crippen LogP contribution in [0.5, 0.6) is 0 Å².